The minimum Gasteiger partial charge on any atom is -0.308 e. The SMILES string of the molecule is N#Cc1ccc2c3cc(-c4c(-c5ccccc5)cccc4-c4ccccc4)cc4c5ccc(C#N)cc5n(c2c1)c34. The molecule has 6 aromatic carbocycles. The van der Waals surface area contributed by atoms with Gasteiger partial charge in [0.05, 0.1) is 39.8 Å². The number of nitriles is 2. The molecule has 3 heteroatoms. The third kappa shape index (κ3) is 3.37. The summed E-state index contributed by atoms with van der Waals surface area (Å²) in [4.78, 5) is 0. The molecule has 8 aromatic rings. The molecule has 8 rings (SSSR count). The lowest BCUT2D eigenvalue weighted by atomic mass is 9.86. The molecule has 0 saturated carbocycles. The van der Waals surface area contributed by atoms with Crippen molar-refractivity contribution in [2.45, 2.75) is 0 Å². The van der Waals surface area contributed by atoms with Gasteiger partial charge in [-0.05, 0) is 69.8 Å². The standard InChI is InChI=1S/C38H21N3/c39-22-24-14-16-31-33-20-28(21-34-32-17-15-25(23-40)19-36(32)41(38(33)34)35(31)18-24)37-29(26-8-3-1-4-9-26)12-7-13-30(37)27-10-5-2-6-11-27/h1-21H. The van der Waals surface area contributed by atoms with E-state index in [0.717, 1.165) is 54.8 Å². The first kappa shape index (κ1) is 23.0. The van der Waals surface area contributed by atoms with Gasteiger partial charge in [-0.15, -0.1) is 0 Å². The minimum atomic E-state index is 0.615. The summed E-state index contributed by atoms with van der Waals surface area (Å²) in [6.45, 7) is 0. The Balaban J connectivity index is 1.56. The van der Waals surface area contributed by atoms with Crippen LogP contribution >= 0.6 is 0 Å². The fourth-order valence-corrected chi connectivity index (χ4v) is 6.41. The van der Waals surface area contributed by atoms with E-state index in [9.17, 15) is 10.5 Å². The number of fused-ring (bicyclic) bond motifs is 6. The summed E-state index contributed by atoms with van der Waals surface area (Å²) in [6.07, 6.45) is 0. The molecule has 0 bridgehead atoms. The third-order valence-electron chi connectivity index (χ3n) is 8.17. The Labute approximate surface area is 236 Å². The molecule has 0 amide bonds. The first-order valence-electron chi connectivity index (χ1n) is 13.6. The van der Waals surface area contributed by atoms with Crippen LogP contribution in [0, 0.1) is 22.7 Å². The zero-order valence-electron chi connectivity index (χ0n) is 22.0. The molecule has 2 heterocycles. The van der Waals surface area contributed by atoms with Gasteiger partial charge in [0.2, 0.25) is 0 Å². The van der Waals surface area contributed by atoms with E-state index < -0.39 is 0 Å². The van der Waals surface area contributed by atoms with E-state index in [1.165, 1.54) is 16.7 Å². The molecule has 0 spiro atoms. The molecule has 0 aliphatic heterocycles. The number of aromatic nitrogens is 1. The summed E-state index contributed by atoms with van der Waals surface area (Å²) >= 11 is 0. The van der Waals surface area contributed by atoms with Crippen molar-refractivity contribution < 1.29 is 0 Å². The van der Waals surface area contributed by atoms with Gasteiger partial charge < -0.3 is 4.40 Å². The predicted molar refractivity (Wildman–Crippen MR) is 167 cm³/mol. The molecular weight excluding hydrogens is 498 g/mol. The van der Waals surface area contributed by atoms with Gasteiger partial charge in [0.15, 0.2) is 0 Å². The lowest BCUT2D eigenvalue weighted by Gasteiger charge is -2.17. The summed E-state index contributed by atoms with van der Waals surface area (Å²) in [6, 6.07) is 48.7. The van der Waals surface area contributed by atoms with Crippen LogP contribution in [-0.2, 0) is 0 Å². The Morgan fingerprint density at radius 1 is 0.439 bits per heavy atom. The Kier molecular flexibility index (Phi) is 4.95. The van der Waals surface area contributed by atoms with Gasteiger partial charge in [-0.3, -0.25) is 0 Å². The van der Waals surface area contributed by atoms with Crippen molar-refractivity contribution in [2.75, 3.05) is 0 Å². The van der Waals surface area contributed by atoms with Crippen LogP contribution in [0.4, 0.5) is 0 Å². The molecule has 41 heavy (non-hydrogen) atoms. The topological polar surface area (TPSA) is 52.0 Å². The van der Waals surface area contributed by atoms with Crippen LogP contribution in [0.3, 0.4) is 0 Å². The summed E-state index contributed by atoms with van der Waals surface area (Å²) in [5.41, 5.74) is 11.3. The van der Waals surface area contributed by atoms with Gasteiger partial charge in [0, 0.05) is 21.5 Å². The summed E-state index contributed by atoms with van der Waals surface area (Å²) in [5, 5.41) is 23.8. The zero-order valence-corrected chi connectivity index (χ0v) is 22.0. The van der Waals surface area contributed by atoms with Crippen molar-refractivity contribution >= 4 is 38.1 Å². The molecule has 0 radical (unpaired) electrons. The predicted octanol–water partition coefficient (Wildman–Crippen LogP) is 9.58. The van der Waals surface area contributed by atoms with Crippen molar-refractivity contribution in [1.82, 2.24) is 4.40 Å². The number of rotatable bonds is 3. The van der Waals surface area contributed by atoms with E-state index in [2.05, 4.69) is 108 Å². The molecule has 0 unspecified atom stereocenters. The van der Waals surface area contributed by atoms with Crippen LogP contribution in [0.1, 0.15) is 11.1 Å². The monoisotopic (exact) mass is 519 g/mol. The maximum atomic E-state index is 9.69. The quantitative estimate of drug-likeness (QED) is 0.233. The highest BCUT2D eigenvalue weighted by molar-refractivity contribution is 6.25. The van der Waals surface area contributed by atoms with E-state index in [-0.39, 0.29) is 0 Å². The van der Waals surface area contributed by atoms with Crippen molar-refractivity contribution in [3.05, 3.63) is 139 Å². The fraction of sp³-hybridized carbons (Fsp3) is 0. The fourth-order valence-electron chi connectivity index (χ4n) is 6.41. The minimum absolute atomic E-state index is 0.615. The Morgan fingerprint density at radius 2 is 0.927 bits per heavy atom. The van der Waals surface area contributed by atoms with Gasteiger partial charge >= 0.3 is 0 Å². The number of hydrogen-bond acceptors (Lipinski definition) is 2. The van der Waals surface area contributed by atoms with Crippen LogP contribution in [0.15, 0.2) is 127 Å². The second-order valence-corrected chi connectivity index (χ2v) is 10.4. The van der Waals surface area contributed by atoms with Gasteiger partial charge in [0.1, 0.15) is 0 Å². The average molecular weight is 520 g/mol. The molecule has 2 aromatic heterocycles. The van der Waals surface area contributed by atoms with E-state index in [4.69, 9.17) is 0 Å². The molecule has 0 aliphatic carbocycles. The van der Waals surface area contributed by atoms with Crippen molar-refractivity contribution in [3.8, 4) is 45.5 Å². The highest BCUT2D eigenvalue weighted by Crippen LogP contribution is 2.46. The molecule has 0 fully saturated rings. The van der Waals surface area contributed by atoms with E-state index in [1.807, 2.05) is 36.4 Å². The van der Waals surface area contributed by atoms with Gasteiger partial charge in [-0.1, -0.05) is 91.0 Å². The molecule has 0 aliphatic rings. The average Bonchev–Trinajstić information content (AvgIpc) is 3.55. The third-order valence-corrected chi connectivity index (χ3v) is 8.17. The van der Waals surface area contributed by atoms with Gasteiger partial charge in [-0.25, -0.2) is 0 Å². The zero-order chi connectivity index (χ0) is 27.5. The molecular formula is C38H21N3. The normalized spacial score (nSPS) is 11.4. The van der Waals surface area contributed by atoms with E-state index >= 15 is 0 Å². The van der Waals surface area contributed by atoms with E-state index in [1.54, 1.807) is 0 Å². The maximum absolute atomic E-state index is 9.69. The van der Waals surface area contributed by atoms with Crippen molar-refractivity contribution in [1.29, 1.82) is 10.5 Å². The highest BCUT2D eigenvalue weighted by Gasteiger charge is 2.22. The smallest absolute Gasteiger partial charge is 0.0992 e. The summed E-state index contributed by atoms with van der Waals surface area (Å²) in [7, 11) is 0. The molecule has 188 valence electrons. The number of nitrogens with zero attached hydrogens (tertiary/aromatic N) is 3. The Hall–Kier alpha value is -5.90. The van der Waals surface area contributed by atoms with E-state index in [0.29, 0.717) is 11.1 Å². The summed E-state index contributed by atoms with van der Waals surface area (Å²) in [5.74, 6) is 0. The first-order valence-corrected chi connectivity index (χ1v) is 13.6. The Bertz CT molecular complexity index is 2210. The largest absolute Gasteiger partial charge is 0.308 e. The molecule has 3 nitrogen and oxygen atoms in total. The van der Waals surface area contributed by atoms with Crippen LogP contribution < -0.4 is 0 Å². The van der Waals surface area contributed by atoms with Crippen LogP contribution in [0.5, 0.6) is 0 Å². The van der Waals surface area contributed by atoms with Crippen LogP contribution in [-0.4, -0.2) is 4.40 Å². The second kappa shape index (κ2) is 8.82. The Morgan fingerprint density at radius 3 is 1.39 bits per heavy atom. The molecule has 0 atom stereocenters. The van der Waals surface area contributed by atoms with Crippen molar-refractivity contribution in [3.63, 3.8) is 0 Å². The van der Waals surface area contributed by atoms with Crippen molar-refractivity contribution in [2.24, 2.45) is 0 Å². The van der Waals surface area contributed by atoms with Gasteiger partial charge in [-0.2, -0.15) is 10.5 Å². The summed E-state index contributed by atoms with van der Waals surface area (Å²) < 4.78 is 2.22. The molecule has 0 N–H and O–H groups in total. The molecule has 0 saturated heterocycles. The van der Waals surface area contributed by atoms with Gasteiger partial charge in [0.25, 0.3) is 0 Å². The van der Waals surface area contributed by atoms with Crippen LogP contribution in [0.2, 0.25) is 0 Å². The lowest BCUT2D eigenvalue weighted by Crippen LogP contribution is -1.91. The number of hydrogen-bond donors (Lipinski definition) is 0. The number of benzene rings is 6. The second-order valence-electron chi connectivity index (χ2n) is 10.4. The lowest BCUT2D eigenvalue weighted by molar-refractivity contribution is 1.36. The van der Waals surface area contributed by atoms with Crippen LogP contribution in [0.25, 0.3) is 71.5 Å². The maximum Gasteiger partial charge on any atom is 0.0992 e. The highest BCUT2D eigenvalue weighted by atomic mass is 14.9. The first-order chi connectivity index (χ1) is 20.2.